The number of aromatic nitrogens is 1. The van der Waals surface area contributed by atoms with Gasteiger partial charge in [-0.05, 0) is 46.3 Å². The number of amides is 1. The Morgan fingerprint density at radius 2 is 1.85 bits per heavy atom. The predicted octanol–water partition coefficient (Wildman–Crippen LogP) is 3.06. The van der Waals surface area contributed by atoms with E-state index in [0.29, 0.717) is 19.0 Å². The molecule has 0 bridgehead atoms. The maximum absolute atomic E-state index is 12.6. The van der Waals surface area contributed by atoms with Crippen molar-refractivity contribution >= 4 is 39.4 Å². The van der Waals surface area contributed by atoms with Crippen LogP contribution in [0, 0.1) is 0 Å². The molecule has 3 heterocycles. The lowest BCUT2D eigenvalue weighted by Crippen LogP contribution is -2.49. The zero-order valence-corrected chi connectivity index (χ0v) is 17.2. The molecule has 2 aliphatic heterocycles. The average Bonchev–Trinajstić information content (AvgIpc) is 2.72. The van der Waals surface area contributed by atoms with Gasteiger partial charge < -0.3 is 19.3 Å². The quantitative estimate of drug-likeness (QED) is 0.668. The molecule has 1 aromatic carbocycles. The number of carbonyl (C=O) groups excluding carboxylic acids is 1. The molecule has 1 aromatic heterocycles. The zero-order valence-electron chi connectivity index (χ0n) is 14.8. The molecule has 0 atom stereocenters. The Kier molecular flexibility index (Phi) is 5.73. The van der Waals surface area contributed by atoms with Gasteiger partial charge in [0.15, 0.2) is 11.5 Å². The summed E-state index contributed by atoms with van der Waals surface area (Å²) in [6.45, 7) is 4.19. The second-order valence-electron chi connectivity index (χ2n) is 6.30. The van der Waals surface area contributed by atoms with Crippen molar-refractivity contribution in [1.29, 1.82) is 0 Å². The molecule has 2 aromatic rings. The average molecular weight is 450 g/mol. The van der Waals surface area contributed by atoms with E-state index in [0.717, 1.165) is 52.9 Å². The van der Waals surface area contributed by atoms with Crippen LogP contribution in [0.1, 0.15) is 0 Å². The van der Waals surface area contributed by atoms with Crippen LogP contribution in [-0.2, 0) is 4.79 Å². The number of halogens is 1. The Balaban J connectivity index is 1.28. The van der Waals surface area contributed by atoms with E-state index in [9.17, 15) is 4.79 Å². The van der Waals surface area contributed by atoms with Crippen molar-refractivity contribution in [3.05, 3.63) is 41.0 Å². The summed E-state index contributed by atoms with van der Waals surface area (Å²) in [5, 5.41) is 0. The molecule has 2 aliphatic rings. The summed E-state index contributed by atoms with van der Waals surface area (Å²) < 4.78 is 12.1. The molecule has 6 nitrogen and oxygen atoms in total. The van der Waals surface area contributed by atoms with Crippen LogP contribution in [-0.4, -0.2) is 60.9 Å². The number of hydrogen-bond acceptors (Lipinski definition) is 6. The second-order valence-corrected chi connectivity index (χ2v) is 8.26. The third kappa shape index (κ3) is 4.50. The largest absolute Gasteiger partial charge is 0.486 e. The standard InChI is InChI=1S/C19H20BrN3O3S/c20-14-1-4-18(21-12-14)22-5-7-23(8-6-22)19(24)13-27-15-2-3-16-17(11-15)26-10-9-25-16/h1-4,11-12H,5-10,13H2. The van der Waals surface area contributed by atoms with Gasteiger partial charge in [0.05, 0.1) is 5.75 Å². The molecule has 0 spiro atoms. The third-order valence-corrected chi connectivity index (χ3v) is 5.99. The highest BCUT2D eigenvalue weighted by Crippen LogP contribution is 2.34. The van der Waals surface area contributed by atoms with Crippen LogP contribution in [0.15, 0.2) is 45.9 Å². The van der Waals surface area contributed by atoms with E-state index >= 15 is 0 Å². The van der Waals surface area contributed by atoms with Gasteiger partial charge in [-0.15, -0.1) is 11.8 Å². The lowest BCUT2D eigenvalue weighted by atomic mass is 10.3. The van der Waals surface area contributed by atoms with E-state index in [2.05, 4.69) is 25.8 Å². The molecule has 27 heavy (non-hydrogen) atoms. The van der Waals surface area contributed by atoms with Crippen molar-refractivity contribution < 1.29 is 14.3 Å². The molecule has 0 radical (unpaired) electrons. The van der Waals surface area contributed by atoms with Gasteiger partial charge >= 0.3 is 0 Å². The third-order valence-electron chi connectivity index (χ3n) is 4.54. The minimum atomic E-state index is 0.165. The van der Waals surface area contributed by atoms with Gasteiger partial charge in [-0.1, -0.05) is 0 Å². The van der Waals surface area contributed by atoms with Gasteiger partial charge in [0.2, 0.25) is 5.91 Å². The molecule has 1 amide bonds. The first-order chi connectivity index (χ1) is 13.2. The summed E-state index contributed by atoms with van der Waals surface area (Å²) in [7, 11) is 0. The molecule has 4 rings (SSSR count). The Bertz CT molecular complexity index is 810. The van der Waals surface area contributed by atoms with Crippen LogP contribution in [0.3, 0.4) is 0 Å². The molecule has 1 fully saturated rings. The van der Waals surface area contributed by atoms with E-state index in [-0.39, 0.29) is 5.91 Å². The van der Waals surface area contributed by atoms with Crippen LogP contribution in [0.4, 0.5) is 5.82 Å². The SMILES string of the molecule is O=C(CSc1ccc2c(c1)OCCO2)N1CCN(c2ccc(Br)cn2)CC1. The number of anilines is 1. The van der Waals surface area contributed by atoms with Crippen molar-refractivity contribution in [2.45, 2.75) is 4.90 Å². The fraction of sp³-hybridized carbons (Fsp3) is 0.368. The maximum atomic E-state index is 12.6. The number of thioether (sulfide) groups is 1. The fourth-order valence-electron chi connectivity index (χ4n) is 3.09. The highest BCUT2D eigenvalue weighted by molar-refractivity contribution is 9.10. The number of rotatable bonds is 4. The van der Waals surface area contributed by atoms with Gasteiger partial charge in [0.1, 0.15) is 19.0 Å². The summed E-state index contributed by atoms with van der Waals surface area (Å²) >= 11 is 4.94. The molecule has 0 unspecified atom stereocenters. The monoisotopic (exact) mass is 449 g/mol. The number of fused-ring (bicyclic) bond motifs is 1. The van der Waals surface area contributed by atoms with Crippen LogP contribution in [0.25, 0.3) is 0 Å². The molecule has 142 valence electrons. The normalized spacial score (nSPS) is 16.3. The van der Waals surface area contributed by atoms with Gasteiger partial charge in [-0.3, -0.25) is 4.79 Å². The summed E-state index contributed by atoms with van der Waals surface area (Å²) in [5.74, 6) is 3.08. The van der Waals surface area contributed by atoms with E-state index in [1.54, 1.807) is 6.20 Å². The van der Waals surface area contributed by atoms with Crippen LogP contribution in [0.5, 0.6) is 11.5 Å². The molecule has 8 heteroatoms. The van der Waals surface area contributed by atoms with Gasteiger partial charge in [0.25, 0.3) is 0 Å². The van der Waals surface area contributed by atoms with E-state index in [1.165, 1.54) is 11.8 Å². The van der Waals surface area contributed by atoms with Crippen LogP contribution >= 0.6 is 27.7 Å². The first kappa shape index (κ1) is 18.4. The molecule has 0 saturated carbocycles. The molecule has 0 aliphatic carbocycles. The highest BCUT2D eigenvalue weighted by atomic mass is 79.9. The minimum absolute atomic E-state index is 0.165. The molecular weight excluding hydrogens is 430 g/mol. The fourth-order valence-corrected chi connectivity index (χ4v) is 4.15. The van der Waals surface area contributed by atoms with Crippen LogP contribution in [0.2, 0.25) is 0 Å². The van der Waals surface area contributed by atoms with Crippen molar-refractivity contribution in [1.82, 2.24) is 9.88 Å². The van der Waals surface area contributed by atoms with Gasteiger partial charge in [-0.2, -0.15) is 0 Å². The number of ether oxygens (including phenoxy) is 2. The molecule has 1 saturated heterocycles. The summed E-state index contributed by atoms with van der Waals surface area (Å²) in [6.07, 6.45) is 1.80. The first-order valence-electron chi connectivity index (χ1n) is 8.86. The van der Waals surface area contributed by atoms with E-state index < -0.39 is 0 Å². The molecule has 0 N–H and O–H groups in total. The van der Waals surface area contributed by atoms with Gasteiger partial charge in [-0.25, -0.2) is 4.98 Å². The van der Waals surface area contributed by atoms with Crippen molar-refractivity contribution in [3.63, 3.8) is 0 Å². The van der Waals surface area contributed by atoms with E-state index in [4.69, 9.17) is 9.47 Å². The summed E-state index contributed by atoms with van der Waals surface area (Å²) in [5.41, 5.74) is 0. The van der Waals surface area contributed by atoms with Gasteiger partial charge in [0, 0.05) is 41.7 Å². The Morgan fingerprint density at radius 1 is 1.07 bits per heavy atom. The lowest BCUT2D eigenvalue weighted by Gasteiger charge is -2.35. The maximum Gasteiger partial charge on any atom is 0.233 e. The number of benzene rings is 1. The Morgan fingerprint density at radius 3 is 2.59 bits per heavy atom. The number of piperazine rings is 1. The smallest absolute Gasteiger partial charge is 0.233 e. The van der Waals surface area contributed by atoms with Crippen molar-refractivity contribution in [2.24, 2.45) is 0 Å². The second kappa shape index (κ2) is 8.39. The number of hydrogen-bond donors (Lipinski definition) is 0. The zero-order chi connectivity index (χ0) is 18.6. The number of carbonyl (C=O) groups is 1. The molecular formula is C19H20BrN3O3S. The van der Waals surface area contributed by atoms with Crippen LogP contribution < -0.4 is 14.4 Å². The van der Waals surface area contributed by atoms with Crippen molar-refractivity contribution in [3.8, 4) is 11.5 Å². The van der Waals surface area contributed by atoms with E-state index in [1.807, 2.05) is 35.2 Å². The minimum Gasteiger partial charge on any atom is -0.486 e. The number of nitrogens with zero attached hydrogens (tertiary/aromatic N) is 3. The highest BCUT2D eigenvalue weighted by Gasteiger charge is 2.22. The Labute approximate surface area is 171 Å². The summed E-state index contributed by atoms with van der Waals surface area (Å²) in [4.78, 5) is 22.2. The summed E-state index contributed by atoms with van der Waals surface area (Å²) in [6, 6.07) is 9.82. The Hall–Kier alpha value is -1.93. The van der Waals surface area contributed by atoms with Crippen molar-refractivity contribution in [2.75, 3.05) is 50.0 Å². The lowest BCUT2D eigenvalue weighted by molar-refractivity contribution is -0.128. The topological polar surface area (TPSA) is 54.9 Å². The number of pyridine rings is 1. The predicted molar refractivity (Wildman–Crippen MR) is 109 cm³/mol. The first-order valence-corrected chi connectivity index (χ1v) is 10.6.